The second kappa shape index (κ2) is 2.88. The Balaban J connectivity index is 2.40. The summed E-state index contributed by atoms with van der Waals surface area (Å²) in [6.45, 7) is 2.05. The van der Waals surface area contributed by atoms with E-state index in [1.807, 2.05) is 30.7 Å². The lowest BCUT2D eigenvalue weighted by atomic mass is 10.1. The van der Waals surface area contributed by atoms with E-state index in [-0.39, 0.29) is 11.5 Å². The van der Waals surface area contributed by atoms with Gasteiger partial charge in [-0.15, -0.1) is 0 Å². The lowest BCUT2D eigenvalue weighted by Crippen LogP contribution is -2.01. The summed E-state index contributed by atoms with van der Waals surface area (Å²) < 4.78 is 25.2. The maximum absolute atomic E-state index is 11.6. The summed E-state index contributed by atoms with van der Waals surface area (Å²) in [7, 11) is -0.961. The molecular weight excluding hydrogens is 222 g/mol. The minimum Gasteiger partial charge on any atom is -0.346 e. The Kier molecular flexibility index (Phi) is 1.79. The van der Waals surface area contributed by atoms with Gasteiger partial charge in [0.1, 0.15) is 0 Å². The van der Waals surface area contributed by atoms with Crippen LogP contribution < -0.4 is 0 Å². The van der Waals surface area contributed by atoms with Gasteiger partial charge in [0.05, 0.1) is 11.5 Å². The van der Waals surface area contributed by atoms with E-state index in [1.54, 1.807) is 0 Å². The number of fused-ring (bicyclic) bond motifs is 3. The molecule has 1 aliphatic heterocycles. The molecule has 0 fully saturated rings. The summed E-state index contributed by atoms with van der Waals surface area (Å²) in [6.07, 6.45) is 0. The van der Waals surface area contributed by atoms with E-state index in [0.717, 1.165) is 22.2 Å². The van der Waals surface area contributed by atoms with Crippen molar-refractivity contribution >= 4 is 20.7 Å². The molecule has 16 heavy (non-hydrogen) atoms. The van der Waals surface area contributed by atoms with Crippen molar-refractivity contribution in [3.05, 3.63) is 35.0 Å². The van der Waals surface area contributed by atoms with Gasteiger partial charge in [-0.2, -0.15) is 0 Å². The number of sulfone groups is 1. The first-order valence-corrected chi connectivity index (χ1v) is 7.07. The maximum Gasteiger partial charge on any atom is 0.160 e. The third-order valence-electron chi connectivity index (χ3n) is 3.31. The van der Waals surface area contributed by atoms with Crippen molar-refractivity contribution in [3.8, 4) is 0 Å². The summed E-state index contributed by atoms with van der Waals surface area (Å²) in [5.74, 6) is 0.384. The van der Waals surface area contributed by atoms with Crippen LogP contribution in [0, 0.1) is 6.92 Å². The highest BCUT2D eigenvalue weighted by molar-refractivity contribution is 7.90. The first kappa shape index (κ1) is 9.90. The SMILES string of the molecule is Cc1ccc2c3c(n(C)c2c1)CS(=O)(=O)C3. The van der Waals surface area contributed by atoms with Crippen molar-refractivity contribution in [3.63, 3.8) is 0 Å². The number of rotatable bonds is 0. The average molecular weight is 235 g/mol. The van der Waals surface area contributed by atoms with E-state index in [4.69, 9.17) is 0 Å². The molecule has 2 heterocycles. The zero-order valence-electron chi connectivity index (χ0n) is 9.32. The van der Waals surface area contributed by atoms with E-state index < -0.39 is 9.84 Å². The largest absolute Gasteiger partial charge is 0.346 e. The van der Waals surface area contributed by atoms with Crippen molar-refractivity contribution in [2.24, 2.45) is 7.05 Å². The summed E-state index contributed by atoms with van der Waals surface area (Å²) in [4.78, 5) is 0. The van der Waals surface area contributed by atoms with Gasteiger partial charge in [-0.25, -0.2) is 8.42 Å². The second-order valence-electron chi connectivity index (χ2n) is 4.54. The zero-order valence-corrected chi connectivity index (χ0v) is 10.1. The van der Waals surface area contributed by atoms with Crippen LogP contribution in [0.5, 0.6) is 0 Å². The number of benzene rings is 1. The fourth-order valence-electron chi connectivity index (χ4n) is 2.50. The van der Waals surface area contributed by atoms with Crippen molar-refractivity contribution in [1.29, 1.82) is 0 Å². The molecule has 0 saturated carbocycles. The van der Waals surface area contributed by atoms with Gasteiger partial charge in [0, 0.05) is 23.6 Å². The highest BCUT2D eigenvalue weighted by Gasteiger charge is 2.30. The molecule has 0 spiro atoms. The molecule has 4 heteroatoms. The number of nitrogens with zero attached hydrogens (tertiary/aromatic N) is 1. The third kappa shape index (κ3) is 1.23. The van der Waals surface area contributed by atoms with Crippen LogP contribution in [-0.4, -0.2) is 13.0 Å². The molecule has 0 saturated heterocycles. The highest BCUT2D eigenvalue weighted by Crippen LogP contribution is 2.34. The highest BCUT2D eigenvalue weighted by atomic mass is 32.2. The monoisotopic (exact) mass is 235 g/mol. The van der Waals surface area contributed by atoms with Crippen LogP contribution in [0.15, 0.2) is 18.2 Å². The molecule has 0 unspecified atom stereocenters. The molecule has 84 valence electrons. The van der Waals surface area contributed by atoms with Crippen molar-refractivity contribution in [2.45, 2.75) is 18.4 Å². The first-order chi connectivity index (χ1) is 7.48. The minimum absolute atomic E-state index is 0.187. The number of aromatic nitrogens is 1. The van der Waals surface area contributed by atoms with Gasteiger partial charge in [0.2, 0.25) is 0 Å². The predicted molar refractivity (Wildman–Crippen MR) is 64.0 cm³/mol. The molecule has 0 bridgehead atoms. The van der Waals surface area contributed by atoms with E-state index in [2.05, 4.69) is 6.07 Å². The van der Waals surface area contributed by atoms with Gasteiger partial charge in [0.25, 0.3) is 0 Å². The predicted octanol–water partition coefficient (Wildman–Crippen LogP) is 1.92. The Hall–Kier alpha value is -1.29. The summed E-state index contributed by atoms with van der Waals surface area (Å²) in [5, 5.41) is 1.09. The molecule has 0 amide bonds. The Morgan fingerprint density at radius 3 is 2.75 bits per heavy atom. The van der Waals surface area contributed by atoms with E-state index in [0.29, 0.717) is 0 Å². The maximum atomic E-state index is 11.6. The summed E-state index contributed by atoms with van der Waals surface area (Å²) >= 11 is 0. The van der Waals surface area contributed by atoms with E-state index in [9.17, 15) is 8.42 Å². The van der Waals surface area contributed by atoms with Crippen LogP contribution in [0.25, 0.3) is 10.9 Å². The van der Waals surface area contributed by atoms with Gasteiger partial charge in [-0.1, -0.05) is 12.1 Å². The fraction of sp³-hybridized carbons (Fsp3) is 0.333. The van der Waals surface area contributed by atoms with Gasteiger partial charge < -0.3 is 4.57 Å². The van der Waals surface area contributed by atoms with E-state index >= 15 is 0 Å². The molecule has 1 aliphatic rings. The lowest BCUT2D eigenvalue weighted by molar-refractivity contribution is 0.597. The summed E-state index contributed by atoms with van der Waals surface area (Å²) in [6, 6.07) is 6.18. The lowest BCUT2D eigenvalue weighted by Gasteiger charge is -2.01. The number of hydrogen-bond acceptors (Lipinski definition) is 2. The Morgan fingerprint density at radius 1 is 1.25 bits per heavy atom. The normalized spacial score (nSPS) is 17.9. The molecule has 0 N–H and O–H groups in total. The fourth-order valence-corrected chi connectivity index (χ4v) is 4.15. The van der Waals surface area contributed by atoms with Crippen molar-refractivity contribution in [2.75, 3.05) is 0 Å². The summed E-state index contributed by atoms with van der Waals surface area (Å²) in [5.41, 5.74) is 4.30. The molecular formula is C12H13NO2S. The average Bonchev–Trinajstić information content (AvgIpc) is 2.62. The van der Waals surface area contributed by atoms with E-state index in [1.165, 1.54) is 5.56 Å². The molecule has 0 radical (unpaired) electrons. The second-order valence-corrected chi connectivity index (χ2v) is 6.60. The van der Waals surface area contributed by atoms with Crippen LogP contribution in [0.3, 0.4) is 0 Å². The Bertz CT molecular complexity index is 695. The minimum atomic E-state index is -2.91. The van der Waals surface area contributed by atoms with Crippen LogP contribution >= 0.6 is 0 Å². The van der Waals surface area contributed by atoms with Crippen molar-refractivity contribution in [1.82, 2.24) is 4.57 Å². The van der Waals surface area contributed by atoms with Gasteiger partial charge in [0.15, 0.2) is 9.84 Å². The first-order valence-electron chi connectivity index (χ1n) is 5.25. The molecule has 0 atom stereocenters. The molecule has 2 aromatic rings. The van der Waals surface area contributed by atoms with Gasteiger partial charge in [-0.3, -0.25) is 0 Å². The van der Waals surface area contributed by atoms with Crippen LogP contribution in [-0.2, 0) is 28.4 Å². The third-order valence-corrected chi connectivity index (χ3v) is 4.76. The van der Waals surface area contributed by atoms with Crippen LogP contribution in [0.2, 0.25) is 0 Å². The number of hydrogen-bond donors (Lipinski definition) is 0. The van der Waals surface area contributed by atoms with Gasteiger partial charge in [-0.05, 0) is 24.1 Å². The standard InChI is InChI=1S/C12H13NO2S/c1-8-3-4-9-10-6-16(14,15)7-12(10)13(2)11(9)5-8/h3-5H,6-7H2,1-2H3. The smallest absolute Gasteiger partial charge is 0.160 e. The van der Waals surface area contributed by atoms with Crippen molar-refractivity contribution < 1.29 is 8.42 Å². The topological polar surface area (TPSA) is 39.1 Å². The van der Waals surface area contributed by atoms with Crippen LogP contribution in [0.4, 0.5) is 0 Å². The van der Waals surface area contributed by atoms with Crippen LogP contribution in [0.1, 0.15) is 16.8 Å². The quantitative estimate of drug-likeness (QED) is 0.699. The number of aryl methyl sites for hydroxylation is 2. The van der Waals surface area contributed by atoms with Gasteiger partial charge >= 0.3 is 0 Å². The molecule has 3 rings (SSSR count). The molecule has 0 aliphatic carbocycles. The Morgan fingerprint density at radius 2 is 2.00 bits per heavy atom. The molecule has 1 aromatic carbocycles. The molecule has 1 aromatic heterocycles. The molecule has 3 nitrogen and oxygen atoms in total. The zero-order chi connectivity index (χ0) is 11.5. The Labute approximate surface area is 94.6 Å².